The van der Waals surface area contributed by atoms with E-state index in [1.54, 1.807) is 6.92 Å². The number of aliphatic hydroxyl groups excluding tert-OH is 1. The fourth-order valence-electron chi connectivity index (χ4n) is 1.59. The molecule has 0 saturated carbocycles. The van der Waals surface area contributed by atoms with Crippen molar-refractivity contribution in [3.05, 3.63) is 28.0 Å². The van der Waals surface area contributed by atoms with Crippen molar-refractivity contribution in [3.8, 4) is 5.75 Å². The average molecular weight is 247 g/mol. The normalized spacial score (nSPS) is 11.7. The van der Waals surface area contributed by atoms with E-state index in [1.807, 2.05) is 13.8 Å². The van der Waals surface area contributed by atoms with Gasteiger partial charge in [0.2, 0.25) is 0 Å². The van der Waals surface area contributed by atoms with E-state index in [9.17, 15) is 9.50 Å². The van der Waals surface area contributed by atoms with Crippen molar-refractivity contribution in [2.75, 3.05) is 13.7 Å². The third kappa shape index (κ3) is 2.15. The SMILES string of the molecule is COc1c(C(C)(C)CO)cc(Cl)c(F)c1C. The van der Waals surface area contributed by atoms with Crippen LogP contribution in [0.25, 0.3) is 0 Å². The summed E-state index contributed by atoms with van der Waals surface area (Å²) in [6.07, 6.45) is 0. The second kappa shape index (κ2) is 4.60. The molecule has 0 bridgehead atoms. The number of hydrogen-bond acceptors (Lipinski definition) is 2. The fraction of sp³-hybridized carbons (Fsp3) is 0.500. The Kier molecular flexibility index (Phi) is 3.81. The molecule has 0 spiro atoms. The molecule has 16 heavy (non-hydrogen) atoms. The van der Waals surface area contributed by atoms with Crippen LogP contribution >= 0.6 is 11.6 Å². The summed E-state index contributed by atoms with van der Waals surface area (Å²) in [6, 6.07) is 1.51. The van der Waals surface area contributed by atoms with Crippen LogP contribution in [0.4, 0.5) is 4.39 Å². The first-order valence-electron chi connectivity index (χ1n) is 4.99. The van der Waals surface area contributed by atoms with E-state index in [-0.39, 0.29) is 11.6 Å². The number of ether oxygens (including phenoxy) is 1. The molecule has 0 aliphatic carbocycles. The van der Waals surface area contributed by atoms with E-state index in [4.69, 9.17) is 16.3 Å². The summed E-state index contributed by atoms with van der Waals surface area (Å²) in [6.45, 7) is 5.23. The molecule has 0 heterocycles. The lowest BCUT2D eigenvalue weighted by Gasteiger charge is -2.26. The number of methoxy groups -OCH3 is 1. The maximum atomic E-state index is 13.6. The van der Waals surface area contributed by atoms with E-state index in [0.29, 0.717) is 16.9 Å². The Labute approximate surface area is 100.0 Å². The van der Waals surface area contributed by atoms with Gasteiger partial charge in [-0.3, -0.25) is 0 Å². The molecule has 0 radical (unpaired) electrons. The molecule has 4 heteroatoms. The smallest absolute Gasteiger partial charge is 0.148 e. The zero-order chi connectivity index (χ0) is 12.5. The Balaban J connectivity index is 3.51. The highest BCUT2D eigenvalue weighted by Crippen LogP contribution is 2.38. The number of rotatable bonds is 3. The molecular formula is C12H16ClFO2. The van der Waals surface area contributed by atoms with Crippen molar-refractivity contribution in [2.45, 2.75) is 26.2 Å². The Morgan fingerprint density at radius 1 is 1.50 bits per heavy atom. The third-order valence-corrected chi connectivity index (χ3v) is 3.00. The van der Waals surface area contributed by atoms with Gasteiger partial charge in [0, 0.05) is 16.5 Å². The Morgan fingerprint density at radius 2 is 2.06 bits per heavy atom. The Bertz CT molecular complexity index is 402. The zero-order valence-corrected chi connectivity index (χ0v) is 10.7. The summed E-state index contributed by atoms with van der Waals surface area (Å²) in [7, 11) is 1.48. The van der Waals surface area contributed by atoms with Gasteiger partial charge in [-0.25, -0.2) is 4.39 Å². The minimum absolute atomic E-state index is 0.0508. The third-order valence-electron chi connectivity index (χ3n) is 2.72. The predicted octanol–water partition coefficient (Wildman–Crippen LogP) is 3.07. The molecule has 1 N–H and O–H groups in total. The Morgan fingerprint density at radius 3 is 2.50 bits per heavy atom. The van der Waals surface area contributed by atoms with Gasteiger partial charge in [-0.15, -0.1) is 0 Å². The summed E-state index contributed by atoms with van der Waals surface area (Å²) in [5.41, 5.74) is 0.556. The maximum Gasteiger partial charge on any atom is 0.148 e. The fourth-order valence-corrected chi connectivity index (χ4v) is 1.84. The highest BCUT2D eigenvalue weighted by atomic mass is 35.5. The van der Waals surface area contributed by atoms with Gasteiger partial charge in [0.1, 0.15) is 11.6 Å². The summed E-state index contributed by atoms with van der Waals surface area (Å²) in [5.74, 6) is -0.0306. The first kappa shape index (κ1) is 13.3. The number of hydrogen-bond donors (Lipinski definition) is 1. The summed E-state index contributed by atoms with van der Waals surface area (Å²) in [5, 5.41) is 9.38. The first-order valence-corrected chi connectivity index (χ1v) is 5.37. The van der Waals surface area contributed by atoms with E-state index < -0.39 is 11.2 Å². The van der Waals surface area contributed by atoms with Crippen molar-refractivity contribution < 1.29 is 14.2 Å². The summed E-state index contributed by atoms with van der Waals surface area (Å²) >= 11 is 5.80. The minimum atomic E-state index is -0.520. The van der Waals surface area contributed by atoms with Crippen molar-refractivity contribution in [1.82, 2.24) is 0 Å². The van der Waals surface area contributed by atoms with E-state index >= 15 is 0 Å². The average Bonchev–Trinajstić information content (AvgIpc) is 2.25. The lowest BCUT2D eigenvalue weighted by atomic mass is 9.84. The van der Waals surface area contributed by atoms with Gasteiger partial charge in [-0.05, 0) is 13.0 Å². The molecule has 1 aromatic rings. The lowest BCUT2D eigenvalue weighted by Crippen LogP contribution is -2.23. The maximum absolute atomic E-state index is 13.6. The van der Waals surface area contributed by atoms with Crippen molar-refractivity contribution in [3.63, 3.8) is 0 Å². The van der Waals surface area contributed by atoms with Gasteiger partial charge in [0.05, 0.1) is 18.7 Å². The van der Waals surface area contributed by atoms with Crippen LogP contribution in [-0.4, -0.2) is 18.8 Å². The molecule has 0 fully saturated rings. The molecule has 0 aliphatic heterocycles. The van der Waals surface area contributed by atoms with Gasteiger partial charge < -0.3 is 9.84 Å². The molecule has 0 aromatic heterocycles. The van der Waals surface area contributed by atoms with Crippen LogP contribution in [0.15, 0.2) is 6.07 Å². The number of benzene rings is 1. The molecule has 1 aromatic carbocycles. The molecule has 90 valence electrons. The molecule has 1 rings (SSSR count). The quantitative estimate of drug-likeness (QED) is 0.888. The molecule has 0 amide bonds. The molecule has 0 atom stereocenters. The van der Waals surface area contributed by atoms with Crippen LogP contribution < -0.4 is 4.74 Å². The summed E-state index contributed by atoms with van der Waals surface area (Å²) in [4.78, 5) is 0. The second-order valence-electron chi connectivity index (χ2n) is 4.42. The van der Waals surface area contributed by atoms with Crippen molar-refractivity contribution >= 4 is 11.6 Å². The monoisotopic (exact) mass is 246 g/mol. The number of aliphatic hydroxyl groups is 1. The molecule has 0 aliphatic rings. The van der Waals surface area contributed by atoms with E-state index in [2.05, 4.69) is 0 Å². The van der Waals surface area contributed by atoms with Crippen LogP contribution in [0.5, 0.6) is 5.75 Å². The standard InChI is InChI=1S/C12H16ClFO2/c1-7-10(14)9(13)5-8(11(7)16-4)12(2,3)6-15/h5,15H,6H2,1-4H3. The first-order chi connectivity index (χ1) is 7.35. The lowest BCUT2D eigenvalue weighted by molar-refractivity contribution is 0.214. The van der Waals surface area contributed by atoms with E-state index in [0.717, 1.165) is 0 Å². The summed E-state index contributed by atoms with van der Waals surface area (Å²) < 4.78 is 18.8. The van der Waals surface area contributed by atoms with Crippen LogP contribution in [-0.2, 0) is 5.41 Å². The topological polar surface area (TPSA) is 29.5 Å². The van der Waals surface area contributed by atoms with Gasteiger partial charge in [-0.1, -0.05) is 25.4 Å². The van der Waals surface area contributed by atoms with Crippen LogP contribution in [0.2, 0.25) is 5.02 Å². The molecule has 0 unspecified atom stereocenters. The number of halogens is 2. The van der Waals surface area contributed by atoms with Gasteiger partial charge >= 0.3 is 0 Å². The van der Waals surface area contributed by atoms with Gasteiger partial charge in [0.25, 0.3) is 0 Å². The highest BCUT2D eigenvalue weighted by molar-refractivity contribution is 6.31. The predicted molar refractivity (Wildman–Crippen MR) is 62.8 cm³/mol. The van der Waals surface area contributed by atoms with Crippen LogP contribution in [0.1, 0.15) is 25.0 Å². The van der Waals surface area contributed by atoms with Crippen molar-refractivity contribution in [2.24, 2.45) is 0 Å². The van der Waals surface area contributed by atoms with Crippen molar-refractivity contribution in [1.29, 1.82) is 0 Å². The molecule has 0 saturated heterocycles. The Hall–Kier alpha value is -0.800. The largest absolute Gasteiger partial charge is 0.496 e. The zero-order valence-electron chi connectivity index (χ0n) is 9.90. The minimum Gasteiger partial charge on any atom is -0.496 e. The van der Waals surface area contributed by atoms with Gasteiger partial charge in [0.15, 0.2) is 0 Å². The van der Waals surface area contributed by atoms with Crippen LogP contribution in [0.3, 0.4) is 0 Å². The van der Waals surface area contributed by atoms with Crippen LogP contribution in [0, 0.1) is 12.7 Å². The molecular weight excluding hydrogens is 231 g/mol. The van der Waals surface area contributed by atoms with Gasteiger partial charge in [-0.2, -0.15) is 0 Å². The second-order valence-corrected chi connectivity index (χ2v) is 4.83. The van der Waals surface area contributed by atoms with E-state index in [1.165, 1.54) is 13.2 Å². The highest BCUT2D eigenvalue weighted by Gasteiger charge is 2.27. The molecule has 2 nitrogen and oxygen atoms in total.